The number of carbonyl (C=O) groups is 2. The molecule has 1 aliphatic carbocycles. The molecule has 0 radical (unpaired) electrons. The minimum atomic E-state index is -4.75. The van der Waals surface area contributed by atoms with Crippen molar-refractivity contribution in [3.63, 3.8) is 0 Å². The lowest BCUT2D eigenvalue weighted by atomic mass is 10.1. The van der Waals surface area contributed by atoms with Gasteiger partial charge in [-0.1, -0.05) is 66.4 Å². The molecule has 1 N–H and O–H groups in total. The van der Waals surface area contributed by atoms with E-state index in [0.717, 1.165) is 43.4 Å². The number of carbonyl (C=O) groups excluding carboxylic acids is 2. The smallest absolute Gasteiger partial charge is 0.352 e. The topological polar surface area (TPSA) is 86.8 Å². The highest BCUT2D eigenvalue weighted by Gasteiger charge is 2.36. The molecule has 4 rings (SSSR count). The molecule has 3 aromatic carbocycles. The monoisotopic (exact) mass is 635 g/mol. The standard InChI is InChI=1S/C31H33ClF3N3O4S/c1-21-14-16-27(17-15-21)43(41,42)38(26-12-7-9-24(18-26)31(33,34)35)20-29(39)37(19-23-8-3-6-13-28(23)32)22(2)30(40)36-25-10-4-5-11-25/h3,6-9,12-18,22,25H,4-5,10-11,19-20H2,1-2H3,(H,36,40)/t22-/m1/s1. The number of rotatable bonds is 10. The molecule has 0 unspecified atom stereocenters. The Labute approximate surface area is 254 Å². The number of nitrogens with one attached hydrogen (secondary N) is 1. The molecule has 0 aliphatic heterocycles. The molecule has 12 heteroatoms. The van der Waals surface area contributed by atoms with Crippen LogP contribution in [0.2, 0.25) is 5.02 Å². The van der Waals surface area contributed by atoms with Crippen LogP contribution in [-0.2, 0) is 32.3 Å². The van der Waals surface area contributed by atoms with Gasteiger partial charge in [0.05, 0.1) is 16.1 Å². The van der Waals surface area contributed by atoms with E-state index in [2.05, 4.69) is 5.32 Å². The van der Waals surface area contributed by atoms with Crippen molar-refractivity contribution >= 4 is 39.1 Å². The van der Waals surface area contributed by atoms with Crippen LogP contribution in [0.4, 0.5) is 18.9 Å². The van der Waals surface area contributed by atoms with Gasteiger partial charge < -0.3 is 10.2 Å². The number of aryl methyl sites for hydroxylation is 1. The number of amides is 2. The SMILES string of the molecule is Cc1ccc(S(=O)(=O)N(CC(=O)N(Cc2ccccc2Cl)[C@H](C)C(=O)NC2CCCC2)c2cccc(C(F)(F)F)c2)cc1. The Hall–Kier alpha value is -3.57. The van der Waals surface area contributed by atoms with Gasteiger partial charge in [0.2, 0.25) is 11.8 Å². The van der Waals surface area contributed by atoms with Gasteiger partial charge in [0.15, 0.2) is 0 Å². The van der Waals surface area contributed by atoms with Crippen molar-refractivity contribution in [2.24, 2.45) is 0 Å². The third kappa shape index (κ3) is 7.88. The van der Waals surface area contributed by atoms with Crippen molar-refractivity contribution in [3.8, 4) is 0 Å². The Morgan fingerprint density at radius 1 is 1.00 bits per heavy atom. The molecule has 0 heterocycles. The van der Waals surface area contributed by atoms with Gasteiger partial charge in [-0.05, 0) is 68.7 Å². The number of hydrogen-bond acceptors (Lipinski definition) is 4. The largest absolute Gasteiger partial charge is 0.416 e. The predicted octanol–water partition coefficient (Wildman–Crippen LogP) is 6.34. The van der Waals surface area contributed by atoms with Crippen molar-refractivity contribution in [1.29, 1.82) is 0 Å². The summed E-state index contributed by atoms with van der Waals surface area (Å²) in [6.45, 7) is 2.30. The minimum absolute atomic E-state index is 0.0317. The average molecular weight is 636 g/mol. The molecule has 230 valence electrons. The Kier molecular flexibility index (Phi) is 10.1. The summed E-state index contributed by atoms with van der Waals surface area (Å²) < 4.78 is 69.3. The maximum Gasteiger partial charge on any atom is 0.416 e. The second-order valence-corrected chi connectivity index (χ2v) is 12.9. The molecular weight excluding hydrogens is 603 g/mol. The van der Waals surface area contributed by atoms with Gasteiger partial charge in [-0.3, -0.25) is 13.9 Å². The van der Waals surface area contributed by atoms with Crippen LogP contribution in [0.1, 0.15) is 49.3 Å². The molecule has 1 saturated carbocycles. The molecule has 1 atom stereocenters. The van der Waals surface area contributed by atoms with Crippen LogP contribution in [0, 0.1) is 6.92 Å². The third-order valence-electron chi connectivity index (χ3n) is 7.52. The van der Waals surface area contributed by atoms with E-state index in [0.29, 0.717) is 21.0 Å². The number of anilines is 1. The van der Waals surface area contributed by atoms with Crippen LogP contribution < -0.4 is 9.62 Å². The molecule has 0 saturated heterocycles. The van der Waals surface area contributed by atoms with E-state index in [1.54, 1.807) is 43.3 Å². The highest BCUT2D eigenvalue weighted by molar-refractivity contribution is 7.92. The lowest BCUT2D eigenvalue weighted by Crippen LogP contribution is -2.52. The highest BCUT2D eigenvalue weighted by Crippen LogP contribution is 2.33. The van der Waals surface area contributed by atoms with E-state index in [1.165, 1.54) is 30.0 Å². The van der Waals surface area contributed by atoms with E-state index in [4.69, 9.17) is 11.6 Å². The van der Waals surface area contributed by atoms with Crippen LogP contribution >= 0.6 is 11.6 Å². The molecule has 43 heavy (non-hydrogen) atoms. The fourth-order valence-corrected chi connectivity index (χ4v) is 6.59. The lowest BCUT2D eigenvalue weighted by Gasteiger charge is -2.32. The Morgan fingerprint density at radius 2 is 1.65 bits per heavy atom. The second kappa shape index (κ2) is 13.4. The number of alkyl halides is 3. The van der Waals surface area contributed by atoms with E-state index in [-0.39, 0.29) is 23.2 Å². The van der Waals surface area contributed by atoms with Crippen LogP contribution in [0.3, 0.4) is 0 Å². The van der Waals surface area contributed by atoms with Crippen LogP contribution in [-0.4, -0.2) is 43.8 Å². The zero-order valence-electron chi connectivity index (χ0n) is 23.8. The van der Waals surface area contributed by atoms with Gasteiger partial charge in [0.25, 0.3) is 10.0 Å². The first-order valence-corrected chi connectivity index (χ1v) is 15.7. The van der Waals surface area contributed by atoms with Gasteiger partial charge in [-0.15, -0.1) is 0 Å². The van der Waals surface area contributed by atoms with Gasteiger partial charge >= 0.3 is 6.18 Å². The molecule has 0 spiro atoms. The Balaban J connectivity index is 1.74. The van der Waals surface area contributed by atoms with Crippen LogP contribution in [0.15, 0.2) is 77.7 Å². The average Bonchev–Trinajstić information content (AvgIpc) is 3.48. The molecule has 1 aliphatic rings. The quantitative estimate of drug-likeness (QED) is 0.282. The van der Waals surface area contributed by atoms with E-state index >= 15 is 0 Å². The third-order valence-corrected chi connectivity index (χ3v) is 9.67. The van der Waals surface area contributed by atoms with Gasteiger partial charge in [-0.25, -0.2) is 8.42 Å². The van der Waals surface area contributed by atoms with Crippen LogP contribution in [0.25, 0.3) is 0 Å². The van der Waals surface area contributed by atoms with Crippen LogP contribution in [0.5, 0.6) is 0 Å². The summed E-state index contributed by atoms with van der Waals surface area (Å²) in [5.74, 6) is -1.21. The van der Waals surface area contributed by atoms with Crippen molar-refractivity contribution < 1.29 is 31.2 Å². The number of halogens is 4. The van der Waals surface area contributed by atoms with Crippen molar-refractivity contribution in [3.05, 3.63) is 94.5 Å². The summed E-state index contributed by atoms with van der Waals surface area (Å²) in [7, 11) is -4.52. The number of nitrogens with zero attached hydrogens (tertiary/aromatic N) is 2. The lowest BCUT2D eigenvalue weighted by molar-refractivity contribution is -0.139. The summed E-state index contributed by atoms with van der Waals surface area (Å²) >= 11 is 6.37. The zero-order valence-corrected chi connectivity index (χ0v) is 25.3. The summed E-state index contributed by atoms with van der Waals surface area (Å²) in [5, 5.41) is 3.30. The normalized spacial score (nSPS) is 14.7. The number of sulfonamides is 1. The van der Waals surface area contributed by atoms with E-state index in [1.807, 2.05) is 0 Å². The molecule has 0 bridgehead atoms. The summed E-state index contributed by atoms with van der Waals surface area (Å²) in [4.78, 5) is 28.3. The molecule has 0 aromatic heterocycles. The van der Waals surface area contributed by atoms with E-state index in [9.17, 15) is 31.2 Å². The molecule has 1 fully saturated rings. The van der Waals surface area contributed by atoms with Crippen molar-refractivity contribution in [2.45, 2.75) is 69.2 Å². The highest BCUT2D eigenvalue weighted by atomic mass is 35.5. The summed E-state index contributed by atoms with van der Waals surface area (Å²) in [5.41, 5.74) is -0.123. The molecule has 7 nitrogen and oxygen atoms in total. The number of benzene rings is 3. The zero-order chi connectivity index (χ0) is 31.4. The maximum atomic E-state index is 14.0. The molecule has 3 aromatic rings. The summed E-state index contributed by atoms with van der Waals surface area (Å²) in [6, 6.07) is 15.2. The first kappa shape index (κ1) is 32.3. The molecular formula is C31H33ClF3N3O4S. The first-order valence-electron chi connectivity index (χ1n) is 13.9. The fraction of sp³-hybridized carbons (Fsp3) is 0.355. The summed E-state index contributed by atoms with van der Waals surface area (Å²) in [6.07, 6.45) is -1.17. The Bertz CT molecular complexity index is 1560. The number of hydrogen-bond donors (Lipinski definition) is 1. The Morgan fingerprint density at radius 3 is 2.28 bits per heavy atom. The maximum absolute atomic E-state index is 14.0. The van der Waals surface area contributed by atoms with Gasteiger partial charge in [0, 0.05) is 17.6 Å². The van der Waals surface area contributed by atoms with E-state index < -0.39 is 46.2 Å². The van der Waals surface area contributed by atoms with Gasteiger partial charge in [-0.2, -0.15) is 13.2 Å². The van der Waals surface area contributed by atoms with Crippen molar-refractivity contribution in [1.82, 2.24) is 10.2 Å². The first-order chi connectivity index (χ1) is 20.3. The fourth-order valence-electron chi connectivity index (χ4n) is 4.99. The molecule has 2 amide bonds. The predicted molar refractivity (Wildman–Crippen MR) is 159 cm³/mol. The van der Waals surface area contributed by atoms with Gasteiger partial charge in [0.1, 0.15) is 12.6 Å². The second-order valence-electron chi connectivity index (χ2n) is 10.7. The van der Waals surface area contributed by atoms with Crippen molar-refractivity contribution in [2.75, 3.05) is 10.8 Å². The minimum Gasteiger partial charge on any atom is -0.352 e.